The summed E-state index contributed by atoms with van der Waals surface area (Å²) in [6, 6.07) is 0. The van der Waals surface area contributed by atoms with Crippen molar-refractivity contribution in [1.29, 1.82) is 0 Å². The fourth-order valence-electron chi connectivity index (χ4n) is 3.01. The molecule has 0 amide bonds. The van der Waals surface area contributed by atoms with Gasteiger partial charge >= 0.3 is 0 Å². The average molecular weight is 318 g/mol. The van der Waals surface area contributed by atoms with Crippen molar-refractivity contribution < 1.29 is 18.9 Å². The third-order valence-electron chi connectivity index (χ3n) is 3.49. The number of ether oxygens (including phenoxy) is 4. The molecule has 0 rings (SSSR count). The van der Waals surface area contributed by atoms with Gasteiger partial charge in [0.15, 0.2) is 12.1 Å². The summed E-state index contributed by atoms with van der Waals surface area (Å²) in [4.78, 5) is 0. The lowest BCUT2D eigenvalue weighted by Gasteiger charge is -2.37. The van der Waals surface area contributed by atoms with E-state index in [4.69, 9.17) is 18.9 Å². The molecule has 22 heavy (non-hydrogen) atoms. The molecule has 0 aromatic rings. The summed E-state index contributed by atoms with van der Waals surface area (Å²) in [5, 5.41) is 0. The van der Waals surface area contributed by atoms with Gasteiger partial charge in [-0.25, -0.2) is 0 Å². The zero-order chi connectivity index (χ0) is 17.0. The van der Waals surface area contributed by atoms with E-state index in [1.54, 1.807) is 0 Å². The molecule has 0 saturated carbocycles. The van der Waals surface area contributed by atoms with Crippen LogP contribution in [0.4, 0.5) is 0 Å². The predicted octanol–water partition coefficient (Wildman–Crippen LogP) is 4.62. The van der Waals surface area contributed by atoms with Crippen LogP contribution in [0.15, 0.2) is 0 Å². The summed E-state index contributed by atoms with van der Waals surface area (Å²) in [6.45, 7) is 17.4. The molecule has 0 radical (unpaired) electrons. The number of hydrogen-bond donors (Lipinski definition) is 0. The average Bonchev–Trinajstić information content (AvgIpc) is 2.38. The molecule has 4 heteroatoms. The normalized spacial score (nSPS) is 14.0. The Balaban J connectivity index is 4.78. The zero-order valence-corrected chi connectivity index (χ0v) is 15.8. The van der Waals surface area contributed by atoms with Crippen LogP contribution in [-0.2, 0) is 18.9 Å². The minimum absolute atomic E-state index is 0.134. The zero-order valence-electron chi connectivity index (χ0n) is 15.8. The molecule has 0 aliphatic heterocycles. The molecule has 0 aromatic heterocycles. The summed E-state index contributed by atoms with van der Waals surface area (Å²) >= 11 is 0. The predicted molar refractivity (Wildman–Crippen MR) is 90.9 cm³/mol. The van der Waals surface area contributed by atoms with Crippen molar-refractivity contribution in [2.75, 3.05) is 26.4 Å². The highest BCUT2D eigenvalue weighted by Crippen LogP contribution is 2.32. The Kier molecular flexibility index (Phi) is 12.2. The van der Waals surface area contributed by atoms with E-state index in [9.17, 15) is 0 Å². The lowest BCUT2D eigenvalue weighted by atomic mass is 9.91. The van der Waals surface area contributed by atoms with E-state index in [0.29, 0.717) is 38.3 Å². The van der Waals surface area contributed by atoms with Crippen molar-refractivity contribution >= 4 is 0 Å². The van der Waals surface area contributed by atoms with Gasteiger partial charge in [0, 0.05) is 45.7 Å². The van der Waals surface area contributed by atoms with E-state index in [2.05, 4.69) is 20.8 Å². The Morgan fingerprint density at radius 2 is 1.23 bits per heavy atom. The van der Waals surface area contributed by atoms with E-state index in [1.165, 1.54) is 0 Å². The second-order valence-corrected chi connectivity index (χ2v) is 6.26. The van der Waals surface area contributed by atoms with Gasteiger partial charge < -0.3 is 18.9 Å². The van der Waals surface area contributed by atoms with E-state index in [-0.39, 0.29) is 6.29 Å². The molecular weight excluding hydrogens is 280 g/mol. The van der Waals surface area contributed by atoms with Crippen molar-refractivity contribution in [1.82, 2.24) is 0 Å². The van der Waals surface area contributed by atoms with Gasteiger partial charge in [-0.1, -0.05) is 20.8 Å². The smallest absolute Gasteiger partial charge is 0.168 e. The third-order valence-corrected chi connectivity index (χ3v) is 3.49. The quantitative estimate of drug-likeness (QED) is 0.438. The van der Waals surface area contributed by atoms with Crippen molar-refractivity contribution in [2.24, 2.45) is 11.8 Å². The summed E-state index contributed by atoms with van der Waals surface area (Å²) in [5.41, 5.74) is 0. The first-order valence-electron chi connectivity index (χ1n) is 8.93. The molecule has 0 unspecified atom stereocenters. The van der Waals surface area contributed by atoms with Crippen LogP contribution in [0, 0.1) is 11.8 Å². The Morgan fingerprint density at radius 3 is 1.59 bits per heavy atom. The van der Waals surface area contributed by atoms with Crippen LogP contribution in [0.1, 0.15) is 67.7 Å². The van der Waals surface area contributed by atoms with Gasteiger partial charge in [0.2, 0.25) is 0 Å². The Bertz CT molecular complexity index is 243. The van der Waals surface area contributed by atoms with Gasteiger partial charge in [0.05, 0.1) is 0 Å². The summed E-state index contributed by atoms with van der Waals surface area (Å²) in [7, 11) is 0. The number of hydrogen-bond acceptors (Lipinski definition) is 4. The first-order valence-corrected chi connectivity index (χ1v) is 8.93. The molecule has 0 aromatic carbocycles. The molecule has 0 N–H and O–H groups in total. The van der Waals surface area contributed by atoms with Crippen LogP contribution in [0.3, 0.4) is 0 Å². The Hall–Kier alpha value is -0.160. The molecule has 0 aliphatic rings. The summed E-state index contributed by atoms with van der Waals surface area (Å²) in [5.74, 6) is 0.444. The van der Waals surface area contributed by atoms with Crippen LogP contribution in [0.5, 0.6) is 0 Å². The number of rotatable bonds is 14. The summed E-state index contributed by atoms with van der Waals surface area (Å²) in [6.07, 6.45) is 2.50. The van der Waals surface area contributed by atoms with Crippen molar-refractivity contribution in [3.05, 3.63) is 0 Å². The van der Waals surface area contributed by atoms with Crippen molar-refractivity contribution in [3.63, 3.8) is 0 Å². The fraction of sp³-hybridized carbons (Fsp3) is 1.00. The van der Waals surface area contributed by atoms with Crippen molar-refractivity contribution in [3.8, 4) is 0 Å². The molecular formula is C18H38O4. The van der Waals surface area contributed by atoms with Crippen molar-refractivity contribution in [2.45, 2.75) is 79.8 Å². The molecule has 0 fully saturated rings. The van der Waals surface area contributed by atoms with Crippen LogP contribution < -0.4 is 0 Å². The van der Waals surface area contributed by atoms with Gasteiger partial charge in [0.1, 0.15) is 0 Å². The standard InChI is InChI=1S/C18H38O4/c1-8-19-17(20-9-2)12-16(7)14-18(21-10-3,22-11-4)13-15(5)6/h15-17H,8-14H2,1-7H3/t16-/m1/s1. The summed E-state index contributed by atoms with van der Waals surface area (Å²) < 4.78 is 23.4. The maximum absolute atomic E-state index is 6.05. The van der Waals surface area contributed by atoms with Crippen LogP contribution >= 0.6 is 0 Å². The van der Waals surface area contributed by atoms with E-state index >= 15 is 0 Å². The van der Waals surface area contributed by atoms with Gasteiger partial charge in [-0.3, -0.25) is 0 Å². The highest BCUT2D eigenvalue weighted by atomic mass is 16.7. The molecule has 0 heterocycles. The minimum atomic E-state index is -0.486. The Morgan fingerprint density at radius 1 is 0.727 bits per heavy atom. The Labute approximate surface area is 137 Å². The third kappa shape index (κ3) is 9.09. The van der Waals surface area contributed by atoms with Gasteiger partial charge in [-0.15, -0.1) is 0 Å². The lowest BCUT2D eigenvalue weighted by molar-refractivity contribution is -0.253. The first kappa shape index (κ1) is 21.8. The van der Waals surface area contributed by atoms with Crippen LogP contribution in [-0.4, -0.2) is 38.5 Å². The van der Waals surface area contributed by atoms with E-state index < -0.39 is 5.79 Å². The SMILES string of the molecule is CCOC(C[C@@H](C)CC(CC(C)C)(OCC)OCC)OCC. The molecule has 0 bridgehead atoms. The largest absolute Gasteiger partial charge is 0.353 e. The van der Waals surface area contributed by atoms with Gasteiger partial charge in [-0.2, -0.15) is 0 Å². The molecule has 134 valence electrons. The topological polar surface area (TPSA) is 36.9 Å². The first-order chi connectivity index (χ1) is 10.4. The molecule has 0 aliphatic carbocycles. The highest BCUT2D eigenvalue weighted by Gasteiger charge is 2.34. The minimum Gasteiger partial charge on any atom is -0.353 e. The van der Waals surface area contributed by atoms with Gasteiger partial charge in [-0.05, 0) is 39.5 Å². The molecule has 1 atom stereocenters. The lowest BCUT2D eigenvalue weighted by Crippen LogP contribution is -2.40. The maximum atomic E-state index is 6.05. The van der Waals surface area contributed by atoms with Crippen LogP contribution in [0.25, 0.3) is 0 Å². The monoisotopic (exact) mass is 318 g/mol. The molecule has 4 nitrogen and oxygen atoms in total. The van der Waals surface area contributed by atoms with Gasteiger partial charge in [0.25, 0.3) is 0 Å². The van der Waals surface area contributed by atoms with Crippen LogP contribution in [0.2, 0.25) is 0 Å². The molecule has 0 spiro atoms. The second kappa shape index (κ2) is 12.3. The fourth-order valence-corrected chi connectivity index (χ4v) is 3.01. The molecule has 0 saturated heterocycles. The second-order valence-electron chi connectivity index (χ2n) is 6.26. The van der Waals surface area contributed by atoms with E-state index in [1.807, 2.05) is 27.7 Å². The maximum Gasteiger partial charge on any atom is 0.168 e. The van der Waals surface area contributed by atoms with E-state index in [0.717, 1.165) is 19.3 Å². The highest BCUT2D eigenvalue weighted by molar-refractivity contribution is 4.76.